The Kier molecular flexibility index (Phi) is 7.53. The van der Waals surface area contributed by atoms with Gasteiger partial charge in [0.15, 0.2) is 0 Å². The molecule has 0 bridgehead atoms. The molecule has 0 N–H and O–H groups in total. The number of rotatable bonds is 2. The number of piperazine rings is 1. The van der Waals surface area contributed by atoms with Gasteiger partial charge in [-0.15, -0.1) is 36.4 Å². The molecule has 2 saturated heterocycles. The molecule has 0 radical (unpaired) electrons. The topological polar surface area (TPSA) is 6.48 Å². The van der Waals surface area contributed by atoms with E-state index in [0.717, 1.165) is 18.5 Å². The zero-order chi connectivity index (χ0) is 8.39. The van der Waals surface area contributed by atoms with Crippen molar-refractivity contribution in [2.24, 2.45) is 0 Å². The van der Waals surface area contributed by atoms with Crippen LogP contribution in [0, 0.1) is 0 Å². The molecule has 86 valence electrons. The van der Waals surface area contributed by atoms with Gasteiger partial charge >= 0.3 is 0 Å². The Bertz CT molecular complexity index is 157. The first-order valence-electron chi connectivity index (χ1n) is 4.92. The van der Waals surface area contributed by atoms with Crippen molar-refractivity contribution >= 4 is 36.4 Å². The quantitative estimate of drug-likeness (QED) is 0.700. The van der Waals surface area contributed by atoms with Crippen LogP contribution in [-0.4, -0.2) is 54.4 Å². The van der Waals surface area contributed by atoms with Crippen LogP contribution in [0.15, 0.2) is 0 Å². The summed E-state index contributed by atoms with van der Waals surface area (Å²) in [5.41, 5.74) is 0. The summed E-state index contributed by atoms with van der Waals surface area (Å²) in [6, 6.07) is 0.849. The highest BCUT2D eigenvalue weighted by molar-refractivity contribution is 6.18. The number of hydrogen-bond donors (Lipinski definition) is 0. The minimum Gasteiger partial charge on any atom is -0.299 e. The zero-order valence-corrected chi connectivity index (χ0v) is 10.7. The van der Waals surface area contributed by atoms with E-state index in [9.17, 15) is 0 Å². The summed E-state index contributed by atoms with van der Waals surface area (Å²) in [4.78, 5) is 5.13. The van der Waals surface area contributed by atoms with Gasteiger partial charge in [-0.2, -0.15) is 0 Å². The van der Waals surface area contributed by atoms with Crippen molar-refractivity contribution in [1.82, 2.24) is 9.80 Å². The Labute approximate surface area is 104 Å². The fourth-order valence-electron chi connectivity index (χ4n) is 2.38. The molecule has 5 heteroatoms. The molecule has 2 aliphatic rings. The molecule has 0 saturated carbocycles. The predicted octanol–water partition coefficient (Wildman–Crippen LogP) is 1.85. The summed E-state index contributed by atoms with van der Waals surface area (Å²) in [6.45, 7) is 6.16. The van der Waals surface area contributed by atoms with Gasteiger partial charge in [0, 0.05) is 38.1 Å². The molecule has 2 nitrogen and oxygen atoms in total. The second kappa shape index (κ2) is 7.13. The maximum Gasteiger partial charge on any atom is 0.0351 e. The van der Waals surface area contributed by atoms with Gasteiger partial charge < -0.3 is 0 Å². The van der Waals surface area contributed by atoms with E-state index in [1.807, 2.05) is 0 Å². The largest absolute Gasteiger partial charge is 0.299 e. The molecule has 0 amide bonds. The molecular weight excluding hydrogens is 242 g/mol. The van der Waals surface area contributed by atoms with Crippen molar-refractivity contribution in [3.63, 3.8) is 0 Å². The predicted molar refractivity (Wildman–Crippen MR) is 66.3 cm³/mol. The number of hydrogen-bond acceptors (Lipinski definition) is 2. The SMILES string of the molecule is Cl.Cl.ClCCN1CCN2CCCC2C1. The van der Waals surface area contributed by atoms with E-state index in [0.29, 0.717) is 0 Å². The van der Waals surface area contributed by atoms with E-state index in [1.54, 1.807) is 0 Å². The van der Waals surface area contributed by atoms with Crippen LogP contribution >= 0.6 is 36.4 Å². The van der Waals surface area contributed by atoms with Crippen LogP contribution < -0.4 is 0 Å². The van der Waals surface area contributed by atoms with Gasteiger partial charge in [0.2, 0.25) is 0 Å². The van der Waals surface area contributed by atoms with Gasteiger partial charge in [-0.05, 0) is 19.4 Å². The van der Waals surface area contributed by atoms with Gasteiger partial charge in [0.1, 0.15) is 0 Å². The second-order valence-electron chi connectivity index (χ2n) is 3.82. The molecule has 2 heterocycles. The highest BCUT2D eigenvalue weighted by Gasteiger charge is 2.29. The highest BCUT2D eigenvalue weighted by Crippen LogP contribution is 2.20. The molecule has 2 fully saturated rings. The molecule has 0 aromatic carbocycles. The maximum atomic E-state index is 5.72. The van der Waals surface area contributed by atoms with Crippen LogP contribution in [0.5, 0.6) is 0 Å². The van der Waals surface area contributed by atoms with Gasteiger partial charge in [-0.25, -0.2) is 0 Å². The van der Waals surface area contributed by atoms with Crippen LogP contribution in [0.2, 0.25) is 0 Å². The van der Waals surface area contributed by atoms with E-state index in [-0.39, 0.29) is 24.8 Å². The lowest BCUT2D eigenvalue weighted by atomic mass is 10.1. The van der Waals surface area contributed by atoms with E-state index in [2.05, 4.69) is 9.80 Å². The molecule has 0 spiro atoms. The van der Waals surface area contributed by atoms with Crippen molar-refractivity contribution < 1.29 is 0 Å². The Morgan fingerprint density at radius 1 is 1.14 bits per heavy atom. The molecular formula is C9H19Cl3N2. The number of halogens is 3. The van der Waals surface area contributed by atoms with Crippen LogP contribution in [0.4, 0.5) is 0 Å². The van der Waals surface area contributed by atoms with E-state index >= 15 is 0 Å². The molecule has 0 aromatic heterocycles. The van der Waals surface area contributed by atoms with Crippen LogP contribution in [-0.2, 0) is 0 Å². The Morgan fingerprint density at radius 2 is 1.93 bits per heavy atom. The second-order valence-corrected chi connectivity index (χ2v) is 4.20. The Hall–Kier alpha value is 0.790. The van der Waals surface area contributed by atoms with E-state index in [4.69, 9.17) is 11.6 Å². The van der Waals surface area contributed by atoms with Gasteiger partial charge in [-0.1, -0.05) is 0 Å². The first kappa shape index (κ1) is 14.8. The lowest BCUT2D eigenvalue weighted by molar-refractivity contribution is 0.109. The smallest absolute Gasteiger partial charge is 0.0351 e. The molecule has 1 unspecified atom stereocenters. The average molecular weight is 262 g/mol. The zero-order valence-electron chi connectivity index (χ0n) is 8.32. The van der Waals surface area contributed by atoms with Crippen LogP contribution in [0.25, 0.3) is 0 Å². The van der Waals surface area contributed by atoms with Crippen LogP contribution in [0.1, 0.15) is 12.8 Å². The molecule has 2 rings (SSSR count). The third-order valence-corrected chi connectivity index (χ3v) is 3.24. The van der Waals surface area contributed by atoms with Crippen molar-refractivity contribution in [1.29, 1.82) is 0 Å². The normalized spacial score (nSPS) is 27.6. The van der Waals surface area contributed by atoms with Crippen molar-refractivity contribution in [2.45, 2.75) is 18.9 Å². The summed E-state index contributed by atoms with van der Waals surface area (Å²) in [5.74, 6) is 0.784. The summed E-state index contributed by atoms with van der Waals surface area (Å²) in [6.07, 6.45) is 2.80. The first-order chi connectivity index (χ1) is 5.90. The van der Waals surface area contributed by atoms with Gasteiger partial charge in [0.05, 0.1) is 0 Å². The van der Waals surface area contributed by atoms with Crippen molar-refractivity contribution in [2.75, 3.05) is 38.6 Å². The summed E-state index contributed by atoms with van der Waals surface area (Å²) in [5, 5.41) is 0. The van der Waals surface area contributed by atoms with Crippen LogP contribution in [0.3, 0.4) is 0 Å². The lowest BCUT2D eigenvalue weighted by Crippen LogP contribution is -2.50. The Morgan fingerprint density at radius 3 is 2.64 bits per heavy atom. The number of alkyl halides is 1. The van der Waals surface area contributed by atoms with Gasteiger partial charge in [-0.3, -0.25) is 9.80 Å². The number of fused-ring (bicyclic) bond motifs is 1. The summed E-state index contributed by atoms with van der Waals surface area (Å²) < 4.78 is 0. The fourth-order valence-corrected chi connectivity index (χ4v) is 2.62. The minimum atomic E-state index is 0. The standard InChI is InChI=1S/C9H17ClN2.2ClH/c10-3-5-11-6-7-12-4-1-2-9(12)8-11;;/h9H,1-8H2;2*1H. The highest BCUT2D eigenvalue weighted by atomic mass is 35.5. The lowest BCUT2D eigenvalue weighted by Gasteiger charge is -2.37. The first-order valence-corrected chi connectivity index (χ1v) is 5.46. The van der Waals surface area contributed by atoms with Gasteiger partial charge in [0.25, 0.3) is 0 Å². The minimum absolute atomic E-state index is 0. The summed E-state index contributed by atoms with van der Waals surface area (Å²) in [7, 11) is 0. The molecule has 0 aromatic rings. The Balaban J connectivity index is 0.000000845. The molecule has 0 aliphatic carbocycles. The average Bonchev–Trinajstić information content (AvgIpc) is 2.51. The van der Waals surface area contributed by atoms with Crippen molar-refractivity contribution in [3.05, 3.63) is 0 Å². The monoisotopic (exact) mass is 260 g/mol. The fraction of sp³-hybridized carbons (Fsp3) is 1.00. The molecule has 2 aliphatic heterocycles. The maximum absolute atomic E-state index is 5.72. The van der Waals surface area contributed by atoms with Crippen molar-refractivity contribution in [3.8, 4) is 0 Å². The van der Waals surface area contributed by atoms with E-state index < -0.39 is 0 Å². The molecule has 14 heavy (non-hydrogen) atoms. The third-order valence-electron chi connectivity index (χ3n) is 3.07. The third kappa shape index (κ3) is 3.42. The molecule has 1 atom stereocenters. The summed E-state index contributed by atoms with van der Waals surface area (Å²) >= 11 is 5.72. The van der Waals surface area contributed by atoms with E-state index in [1.165, 1.54) is 39.0 Å². The number of nitrogens with zero attached hydrogens (tertiary/aromatic N) is 2.